The number of carbonyl (C=O) groups excluding carboxylic acids is 1. The van der Waals surface area contributed by atoms with E-state index in [1.165, 1.54) is 7.11 Å². The lowest BCUT2D eigenvalue weighted by Gasteiger charge is -2.53. The summed E-state index contributed by atoms with van der Waals surface area (Å²) in [5.41, 5.74) is 0. The molecule has 0 aromatic heterocycles. The maximum absolute atomic E-state index is 11.6. The molecule has 3 aliphatic rings. The van der Waals surface area contributed by atoms with Gasteiger partial charge in [-0.15, -0.1) is 0 Å². The molecule has 3 unspecified atom stereocenters. The van der Waals surface area contributed by atoms with Gasteiger partial charge in [0, 0.05) is 20.1 Å². The smallest absolute Gasteiger partial charge is 0.323 e. The van der Waals surface area contributed by atoms with E-state index >= 15 is 0 Å². The molecular weight excluding hydrogens is 210 g/mol. The zero-order chi connectivity index (χ0) is 11.8. The standard InChI is InChI=1S/C11H19NO4/c1-14-10(13)9-6-8-4-5-12(9)7-11(8,15-2)16-3/h8-9H,4-7H2,1-3H3. The van der Waals surface area contributed by atoms with Gasteiger partial charge in [-0.1, -0.05) is 0 Å². The highest BCUT2D eigenvalue weighted by Gasteiger charge is 2.53. The molecule has 2 bridgehead atoms. The molecule has 0 aromatic rings. The highest BCUT2D eigenvalue weighted by Crippen LogP contribution is 2.41. The molecule has 0 spiro atoms. The second kappa shape index (κ2) is 4.31. The SMILES string of the molecule is COC(=O)C1CC2CCN1CC2(OC)OC. The molecule has 0 saturated carbocycles. The predicted molar refractivity (Wildman–Crippen MR) is 56.9 cm³/mol. The van der Waals surface area contributed by atoms with Gasteiger partial charge in [-0.05, 0) is 19.4 Å². The number of methoxy groups -OCH3 is 3. The molecule has 0 N–H and O–H groups in total. The maximum Gasteiger partial charge on any atom is 0.323 e. The minimum atomic E-state index is -0.539. The van der Waals surface area contributed by atoms with E-state index in [1.807, 2.05) is 0 Å². The molecule has 3 rings (SSSR count). The van der Waals surface area contributed by atoms with Crippen LogP contribution in [0, 0.1) is 5.92 Å². The summed E-state index contributed by atoms with van der Waals surface area (Å²) in [5, 5.41) is 0. The molecule has 3 atom stereocenters. The fourth-order valence-electron chi connectivity index (χ4n) is 2.94. The monoisotopic (exact) mass is 229 g/mol. The number of piperidine rings is 3. The molecular formula is C11H19NO4. The van der Waals surface area contributed by atoms with Gasteiger partial charge >= 0.3 is 5.97 Å². The number of rotatable bonds is 3. The third-order valence-corrected chi connectivity index (χ3v) is 3.92. The Kier molecular flexibility index (Phi) is 3.19. The van der Waals surface area contributed by atoms with Crippen LogP contribution in [0.15, 0.2) is 0 Å². The average molecular weight is 229 g/mol. The molecule has 0 aromatic carbocycles. The highest BCUT2D eigenvalue weighted by molar-refractivity contribution is 5.76. The second-order valence-electron chi connectivity index (χ2n) is 4.45. The van der Waals surface area contributed by atoms with Crippen LogP contribution in [0.3, 0.4) is 0 Å². The Bertz CT molecular complexity index is 277. The van der Waals surface area contributed by atoms with Crippen LogP contribution in [-0.4, -0.2) is 57.1 Å². The Morgan fingerprint density at radius 1 is 1.31 bits per heavy atom. The van der Waals surface area contributed by atoms with Crippen molar-refractivity contribution in [3.8, 4) is 0 Å². The molecule has 0 radical (unpaired) electrons. The molecule has 5 heteroatoms. The fourth-order valence-corrected chi connectivity index (χ4v) is 2.94. The van der Waals surface area contributed by atoms with Crippen LogP contribution in [0.5, 0.6) is 0 Å². The van der Waals surface area contributed by atoms with E-state index in [4.69, 9.17) is 14.2 Å². The van der Waals surface area contributed by atoms with Crippen molar-refractivity contribution in [2.24, 2.45) is 5.92 Å². The Hall–Kier alpha value is -0.650. The lowest BCUT2D eigenvalue weighted by atomic mass is 9.78. The van der Waals surface area contributed by atoms with Gasteiger partial charge in [0.25, 0.3) is 0 Å². The Labute approximate surface area is 95.6 Å². The van der Waals surface area contributed by atoms with Crippen LogP contribution in [0.2, 0.25) is 0 Å². The van der Waals surface area contributed by atoms with Gasteiger partial charge in [0.05, 0.1) is 13.7 Å². The number of esters is 1. The van der Waals surface area contributed by atoms with Crippen molar-refractivity contribution >= 4 is 5.97 Å². The summed E-state index contributed by atoms with van der Waals surface area (Å²) >= 11 is 0. The molecule has 16 heavy (non-hydrogen) atoms. The molecule has 3 heterocycles. The zero-order valence-corrected chi connectivity index (χ0v) is 10.1. The van der Waals surface area contributed by atoms with Crippen molar-refractivity contribution in [1.82, 2.24) is 4.90 Å². The summed E-state index contributed by atoms with van der Waals surface area (Å²) < 4.78 is 15.8. The molecule has 3 fully saturated rings. The first-order valence-electron chi connectivity index (χ1n) is 5.59. The minimum absolute atomic E-state index is 0.123. The zero-order valence-electron chi connectivity index (χ0n) is 10.1. The summed E-state index contributed by atoms with van der Waals surface area (Å²) in [4.78, 5) is 13.7. The topological polar surface area (TPSA) is 48.0 Å². The van der Waals surface area contributed by atoms with Crippen molar-refractivity contribution in [1.29, 1.82) is 0 Å². The molecule has 3 aliphatic heterocycles. The van der Waals surface area contributed by atoms with Crippen LogP contribution >= 0.6 is 0 Å². The Morgan fingerprint density at radius 2 is 2.00 bits per heavy atom. The van der Waals surface area contributed by atoms with Crippen LogP contribution in [0.25, 0.3) is 0 Å². The van der Waals surface area contributed by atoms with Gasteiger partial charge in [-0.2, -0.15) is 0 Å². The van der Waals surface area contributed by atoms with Gasteiger partial charge in [0.2, 0.25) is 0 Å². The number of hydrogen-bond acceptors (Lipinski definition) is 5. The fraction of sp³-hybridized carbons (Fsp3) is 0.909. The minimum Gasteiger partial charge on any atom is -0.468 e. The van der Waals surface area contributed by atoms with Crippen LogP contribution in [-0.2, 0) is 19.0 Å². The van der Waals surface area contributed by atoms with Crippen molar-refractivity contribution in [3.63, 3.8) is 0 Å². The first-order valence-corrected chi connectivity index (χ1v) is 5.59. The number of carbonyl (C=O) groups is 1. The van der Waals surface area contributed by atoms with E-state index < -0.39 is 5.79 Å². The summed E-state index contributed by atoms with van der Waals surface area (Å²) in [6.07, 6.45) is 1.77. The number of ether oxygens (including phenoxy) is 3. The summed E-state index contributed by atoms with van der Waals surface area (Å²) in [6.45, 7) is 1.56. The Balaban J connectivity index is 2.14. The molecule has 0 amide bonds. The van der Waals surface area contributed by atoms with Gasteiger partial charge < -0.3 is 14.2 Å². The quantitative estimate of drug-likeness (QED) is 0.512. The third-order valence-electron chi connectivity index (χ3n) is 3.92. The van der Waals surface area contributed by atoms with Crippen LogP contribution in [0.4, 0.5) is 0 Å². The normalized spacial score (nSPS) is 36.1. The van der Waals surface area contributed by atoms with Crippen molar-refractivity contribution in [2.45, 2.75) is 24.7 Å². The van der Waals surface area contributed by atoms with Gasteiger partial charge in [0.1, 0.15) is 6.04 Å². The lowest BCUT2D eigenvalue weighted by Crippen LogP contribution is -2.66. The number of hydrogen-bond donors (Lipinski definition) is 0. The van der Waals surface area contributed by atoms with E-state index in [1.54, 1.807) is 14.2 Å². The van der Waals surface area contributed by atoms with Crippen LogP contribution < -0.4 is 0 Å². The van der Waals surface area contributed by atoms with Crippen molar-refractivity contribution < 1.29 is 19.0 Å². The molecule has 3 saturated heterocycles. The molecule has 0 aliphatic carbocycles. The number of fused-ring (bicyclic) bond motifs is 3. The first kappa shape index (κ1) is 11.8. The first-order chi connectivity index (χ1) is 7.66. The summed E-state index contributed by atoms with van der Waals surface area (Å²) in [5.74, 6) is -0.412. The van der Waals surface area contributed by atoms with Gasteiger partial charge in [-0.3, -0.25) is 9.69 Å². The van der Waals surface area contributed by atoms with E-state index in [-0.39, 0.29) is 17.9 Å². The molecule has 5 nitrogen and oxygen atoms in total. The summed E-state index contributed by atoms with van der Waals surface area (Å²) in [6, 6.07) is -0.123. The highest BCUT2D eigenvalue weighted by atomic mass is 16.7. The van der Waals surface area contributed by atoms with E-state index in [2.05, 4.69) is 4.90 Å². The largest absolute Gasteiger partial charge is 0.468 e. The van der Waals surface area contributed by atoms with Crippen molar-refractivity contribution in [3.05, 3.63) is 0 Å². The van der Waals surface area contributed by atoms with Gasteiger partial charge in [0.15, 0.2) is 5.79 Å². The second-order valence-corrected chi connectivity index (χ2v) is 4.45. The van der Waals surface area contributed by atoms with E-state index in [0.29, 0.717) is 6.54 Å². The lowest BCUT2D eigenvalue weighted by molar-refractivity contribution is -0.286. The Morgan fingerprint density at radius 3 is 2.44 bits per heavy atom. The van der Waals surface area contributed by atoms with Crippen molar-refractivity contribution in [2.75, 3.05) is 34.4 Å². The maximum atomic E-state index is 11.6. The molecule has 92 valence electrons. The summed E-state index contributed by atoms with van der Waals surface area (Å²) in [7, 11) is 4.77. The van der Waals surface area contributed by atoms with E-state index in [0.717, 1.165) is 19.4 Å². The number of nitrogens with zero attached hydrogens (tertiary/aromatic N) is 1. The van der Waals surface area contributed by atoms with Crippen LogP contribution in [0.1, 0.15) is 12.8 Å². The average Bonchev–Trinajstić information content (AvgIpc) is 2.37. The third kappa shape index (κ3) is 1.63. The predicted octanol–water partition coefficient (Wildman–Crippen LogP) is 0.243. The van der Waals surface area contributed by atoms with E-state index in [9.17, 15) is 4.79 Å². The van der Waals surface area contributed by atoms with Gasteiger partial charge in [-0.25, -0.2) is 0 Å².